The van der Waals surface area contributed by atoms with E-state index in [-0.39, 0.29) is 6.42 Å². The molecular weight excluding hydrogens is 322 g/mol. The Hall–Kier alpha value is -2.24. The summed E-state index contributed by atoms with van der Waals surface area (Å²) >= 11 is 0. The molecule has 0 heterocycles. The zero-order valence-electron chi connectivity index (χ0n) is 15.3. The molecule has 6 heteroatoms. The number of amides is 1. The van der Waals surface area contributed by atoms with E-state index in [0.29, 0.717) is 5.75 Å². The van der Waals surface area contributed by atoms with Gasteiger partial charge in [-0.05, 0) is 69.2 Å². The third-order valence-electron chi connectivity index (χ3n) is 4.16. The largest absolute Gasteiger partial charge is 0.496 e. The van der Waals surface area contributed by atoms with Crippen LogP contribution in [0.15, 0.2) is 12.1 Å². The quantitative estimate of drug-likeness (QED) is 0.853. The Labute approximate surface area is 148 Å². The zero-order valence-corrected chi connectivity index (χ0v) is 15.3. The van der Waals surface area contributed by atoms with Gasteiger partial charge in [-0.1, -0.05) is 6.07 Å². The minimum absolute atomic E-state index is 0.144. The van der Waals surface area contributed by atoms with E-state index in [1.54, 1.807) is 27.9 Å². The molecule has 1 aromatic carbocycles. The lowest BCUT2D eigenvalue weighted by atomic mass is 9.88. The predicted octanol–water partition coefficient (Wildman–Crippen LogP) is 3.09. The van der Waals surface area contributed by atoms with Crippen molar-refractivity contribution in [1.82, 2.24) is 5.32 Å². The number of carbonyl (C=O) groups excluding carboxylic acids is 1. The average molecular weight is 349 g/mol. The van der Waals surface area contributed by atoms with E-state index in [9.17, 15) is 14.7 Å². The van der Waals surface area contributed by atoms with E-state index in [0.717, 1.165) is 31.2 Å². The van der Waals surface area contributed by atoms with E-state index in [1.165, 1.54) is 11.1 Å². The Bertz CT molecular complexity index is 648. The van der Waals surface area contributed by atoms with Gasteiger partial charge in [0.2, 0.25) is 0 Å². The van der Waals surface area contributed by atoms with Gasteiger partial charge in [0, 0.05) is 6.42 Å². The molecule has 1 amide bonds. The fourth-order valence-electron chi connectivity index (χ4n) is 3.03. The second kappa shape index (κ2) is 7.76. The van der Waals surface area contributed by atoms with Crippen LogP contribution in [-0.2, 0) is 28.8 Å². The smallest absolute Gasteiger partial charge is 0.408 e. The summed E-state index contributed by atoms with van der Waals surface area (Å²) in [7, 11) is 1.57. The summed E-state index contributed by atoms with van der Waals surface area (Å²) in [5.41, 5.74) is 2.60. The molecule has 0 bridgehead atoms. The molecule has 25 heavy (non-hydrogen) atoms. The summed E-state index contributed by atoms with van der Waals surface area (Å²) in [6.45, 7) is 5.19. The second-order valence-electron chi connectivity index (χ2n) is 7.38. The van der Waals surface area contributed by atoms with Crippen LogP contribution in [-0.4, -0.2) is 35.9 Å². The minimum atomic E-state index is -1.11. The molecule has 0 saturated carbocycles. The molecule has 1 aliphatic carbocycles. The first-order valence-corrected chi connectivity index (χ1v) is 8.60. The molecule has 1 aliphatic rings. The van der Waals surface area contributed by atoms with Crippen molar-refractivity contribution in [2.45, 2.75) is 64.5 Å². The molecule has 2 rings (SSSR count). The molecule has 1 unspecified atom stereocenters. The number of benzene rings is 1. The van der Waals surface area contributed by atoms with Crippen molar-refractivity contribution in [3.05, 3.63) is 28.8 Å². The lowest BCUT2D eigenvalue weighted by molar-refractivity contribution is -0.139. The molecule has 1 atom stereocenters. The third-order valence-corrected chi connectivity index (χ3v) is 4.16. The Morgan fingerprint density at radius 1 is 1.20 bits per heavy atom. The van der Waals surface area contributed by atoms with Gasteiger partial charge in [-0.3, -0.25) is 0 Å². The summed E-state index contributed by atoms with van der Waals surface area (Å²) in [6, 6.07) is 2.93. The number of hydrogen-bond donors (Lipinski definition) is 2. The Morgan fingerprint density at radius 2 is 1.80 bits per heavy atom. The number of hydrogen-bond acceptors (Lipinski definition) is 4. The second-order valence-corrected chi connectivity index (χ2v) is 7.38. The molecule has 0 spiro atoms. The number of nitrogens with one attached hydrogen (secondary N) is 1. The SMILES string of the molecule is COc1cc2c(cc1CC(NC(=O)OC(C)(C)C)C(=O)O)CCCC2. The number of fused-ring (bicyclic) bond motifs is 1. The van der Waals surface area contributed by atoms with Gasteiger partial charge >= 0.3 is 12.1 Å². The van der Waals surface area contributed by atoms with Crippen molar-refractivity contribution in [1.29, 1.82) is 0 Å². The molecule has 138 valence electrons. The summed E-state index contributed by atoms with van der Waals surface area (Å²) in [5, 5.41) is 11.9. The van der Waals surface area contributed by atoms with Crippen LogP contribution < -0.4 is 10.1 Å². The fourth-order valence-corrected chi connectivity index (χ4v) is 3.03. The number of aryl methyl sites for hydroxylation is 2. The van der Waals surface area contributed by atoms with Gasteiger partial charge in [0.15, 0.2) is 0 Å². The highest BCUT2D eigenvalue weighted by atomic mass is 16.6. The van der Waals surface area contributed by atoms with Crippen LogP contribution in [0.5, 0.6) is 5.75 Å². The van der Waals surface area contributed by atoms with Gasteiger partial charge in [0.25, 0.3) is 0 Å². The third kappa shape index (κ3) is 5.37. The molecule has 0 fully saturated rings. The van der Waals surface area contributed by atoms with Crippen LogP contribution in [0, 0.1) is 0 Å². The average Bonchev–Trinajstić information content (AvgIpc) is 2.51. The van der Waals surface area contributed by atoms with E-state index >= 15 is 0 Å². The van der Waals surface area contributed by atoms with Gasteiger partial charge in [0.05, 0.1) is 7.11 Å². The number of rotatable bonds is 5. The Balaban J connectivity index is 2.18. The standard InChI is InChI=1S/C19H27NO5/c1-19(2,3)25-18(23)20-15(17(21)22)10-14-9-12-7-5-6-8-13(12)11-16(14)24-4/h9,11,15H,5-8,10H2,1-4H3,(H,20,23)(H,21,22). The Kier molecular flexibility index (Phi) is 5.93. The number of aliphatic carboxylic acids is 1. The number of methoxy groups -OCH3 is 1. The first-order valence-electron chi connectivity index (χ1n) is 8.60. The van der Waals surface area contributed by atoms with Gasteiger partial charge in [-0.2, -0.15) is 0 Å². The summed E-state index contributed by atoms with van der Waals surface area (Å²) in [5.74, 6) is -0.441. The number of carboxylic acids is 1. The van der Waals surface area contributed by atoms with E-state index in [2.05, 4.69) is 5.32 Å². The molecule has 6 nitrogen and oxygen atoms in total. The lowest BCUT2D eigenvalue weighted by Gasteiger charge is -2.23. The maximum Gasteiger partial charge on any atom is 0.408 e. The van der Waals surface area contributed by atoms with Crippen molar-refractivity contribution in [3.8, 4) is 5.75 Å². The van der Waals surface area contributed by atoms with Crippen LogP contribution in [0.25, 0.3) is 0 Å². The van der Waals surface area contributed by atoms with Crippen LogP contribution in [0.4, 0.5) is 4.79 Å². The van der Waals surface area contributed by atoms with Crippen molar-refractivity contribution >= 4 is 12.1 Å². The first kappa shape index (κ1) is 19.1. The fraction of sp³-hybridized carbons (Fsp3) is 0.579. The number of ether oxygens (including phenoxy) is 2. The molecule has 0 saturated heterocycles. The lowest BCUT2D eigenvalue weighted by Crippen LogP contribution is -2.44. The summed E-state index contributed by atoms with van der Waals surface area (Å²) in [4.78, 5) is 23.5. The van der Waals surface area contributed by atoms with Crippen LogP contribution in [0.1, 0.15) is 50.3 Å². The highest BCUT2D eigenvalue weighted by Gasteiger charge is 2.26. The van der Waals surface area contributed by atoms with Crippen molar-refractivity contribution < 1.29 is 24.2 Å². The predicted molar refractivity (Wildman–Crippen MR) is 94.1 cm³/mol. The summed E-state index contributed by atoms with van der Waals surface area (Å²) < 4.78 is 10.6. The van der Waals surface area contributed by atoms with Crippen LogP contribution >= 0.6 is 0 Å². The molecule has 0 aromatic heterocycles. The number of alkyl carbamates (subject to hydrolysis) is 1. The van der Waals surface area contributed by atoms with Crippen molar-refractivity contribution in [2.75, 3.05) is 7.11 Å². The topological polar surface area (TPSA) is 84.9 Å². The normalized spacial score (nSPS) is 15.0. The highest BCUT2D eigenvalue weighted by Crippen LogP contribution is 2.30. The van der Waals surface area contributed by atoms with E-state index < -0.39 is 23.7 Å². The maximum absolute atomic E-state index is 11.9. The Morgan fingerprint density at radius 3 is 2.32 bits per heavy atom. The number of carbonyl (C=O) groups is 2. The van der Waals surface area contributed by atoms with Crippen LogP contribution in [0.2, 0.25) is 0 Å². The zero-order chi connectivity index (χ0) is 18.6. The molecule has 0 aliphatic heterocycles. The monoisotopic (exact) mass is 349 g/mol. The first-order chi connectivity index (χ1) is 11.7. The molecule has 2 N–H and O–H groups in total. The number of carboxylic acid groups (broad SMARTS) is 1. The van der Waals surface area contributed by atoms with Gasteiger partial charge in [-0.15, -0.1) is 0 Å². The van der Waals surface area contributed by atoms with Crippen molar-refractivity contribution in [2.24, 2.45) is 0 Å². The molecule has 1 aromatic rings. The van der Waals surface area contributed by atoms with Gasteiger partial charge < -0.3 is 19.9 Å². The van der Waals surface area contributed by atoms with E-state index in [1.807, 2.05) is 12.1 Å². The minimum Gasteiger partial charge on any atom is -0.496 e. The van der Waals surface area contributed by atoms with Gasteiger partial charge in [-0.25, -0.2) is 9.59 Å². The van der Waals surface area contributed by atoms with E-state index in [4.69, 9.17) is 9.47 Å². The molecular formula is C19H27NO5. The van der Waals surface area contributed by atoms with Crippen molar-refractivity contribution in [3.63, 3.8) is 0 Å². The molecule has 0 radical (unpaired) electrons. The summed E-state index contributed by atoms with van der Waals surface area (Å²) in [6.07, 6.45) is 3.71. The van der Waals surface area contributed by atoms with Gasteiger partial charge in [0.1, 0.15) is 17.4 Å². The maximum atomic E-state index is 11.9. The highest BCUT2D eigenvalue weighted by molar-refractivity contribution is 5.80. The van der Waals surface area contributed by atoms with Crippen LogP contribution in [0.3, 0.4) is 0 Å².